The summed E-state index contributed by atoms with van der Waals surface area (Å²) in [6.45, 7) is 1.72. The minimum absolute atomic E-state index is 0.232. The maximum atomic E-state index is 11.2. The monoisotopic (exact) mass is 338 g/mol. The van der Waals surface area contributed by atoms with Crippen LogP contribution in [0.4, 0.5) is 5.95 Å². The number of carbonyl (C=O) groups is 1. The molecule has 0 aliphatic carbocycles. The molecule has 25 heavy (non-hydrogen) atoms. The molecule has 0 spiro atoms. The Bertz CT molecular complexity index is 911. The van der Waals surface area contributed by atoms with Gasteiger partial charge in [0.25, 0.3) is 0 Å². The van der Waals surface area contributed by atoms with Crippen LogP contribution in [0, 0.1) is 5.92 Å². The third-order valence-corrected chi connectivity index (χ3v) is 4.97. The zero-order valence-electron chi connectivity index (χ0n) is 14.3. The van der Waals surface area contributed by atoms with Crippen LogP contribution in [0.15, 0.2) is 30.5 Å². The molecule has 3 heterocycles. The number of para-hydroxylation sites is 1. The number of nitrogens with zero attached hydrogens (tertiary/aromatic N) is 4. The minimum Gasteiger partial charge on any atom is -0.370 e. The predicted octanol–water partition coefficient (Wildman–Crippen LogP) is 2.06. The highest BCUT2D eigenvalue weighted by Gasteiger charge is 2.25. The lowest BCUT2D eigenvalue weighted by Crippen LogP contribution is -2.38. The molecule has 7 nitrogen and oxygen atoms in total. The molecule has 2 aromatic heterocycles. The van der Waals surface area contributed by atoms with E-state index in [9.17, 15) is 4.79 Å². The van der Waals surface area contributed by atoms with Crippen molar-refractivity contribution in [3.63, 3.8) is 0 Å². The van der Waals surface area contributed by atoms with Crippen molar-refractivity contribution < 1.29 is 4.79 Å². The number of nitrogens with two attached hydrogens (primary N) is 1. The molecule has 130 valence electrons. The lowest BCUT2D eigenvalue weighted by molar-refractivity contribution is -0.118. The van der Waals surface area contributed by atoms with E-state index in [0.717, 1.165) is 54.2 Å². The molecule has 1 aliphatic heterocycles. The summed E-state index contributed by atoms with van der Waals surface area (Å²) in [5, 5.41) is 9.99. The van der Waals surface area contributed by atoms with Crippen LogP contribution in [0.1, 0.15) is 19.3 Å². The Morgan fingerprint density at radius 1 is 1.36 bits per heavy atom. The number of nitrogens with one attached hydrogen (secondary N) is 1. The van der Waals surface area contributed by atoms with Crippen molar-refractivity contribution in [1.29, 1.82) is 0 Å². The van der Waals surface area contributed by atoms with Crippen LogP contribution >= 0.6 is 0 Å². The Hall–Kier alpha value is -2.83. The Labute approximate surface area is 145 Å². The summed E-state index contributed by atoms with van der Waals surface area (Å²) in [6.07, 6.45) is 4.48. The lowest BCUT2D eigenvalue weighted by atomic mass is 9.95. The number of primary amides is 1. The fraction of sp³-hybridized carbons (Fsp3) is 0.389. The van der Waals surface area contributed by atoms with E-state index < -0.39 is 0 Å². The minimum atomic E-state index is -0.232. The van der Waals surface area contributed by atoms with Gasteiger partial charge in [-0.1, -0.05) is 18.2 Å². The average molecular weight is 338 g/mol. The van der Waals surface area contributed by atoms with Crippen molar-refractivity contribution in [3.8, 4) is 11.4 Å². The Morgan fingerprint density at radius 2 is 2.20 bits per heavy atom. The quantitative estimate of drug-likeness (QED) is 0.761. The molecule has 7 heteroatoms. The molecule has 1 unspecified atom stereocenters. The van der Waals surface area contributed by atoms with Crippen molar-refractivity contribution in [2.45, 2.75) is 19.3 Å². The number of carbonyl (C=O) groups excluding carboxylic acids is 1. The van der Waals surface area contributed by atoms with Gasteiger partial charge in [0.2, 0.25) is 11.9 Å². The largest absolute Gasteiger partial charge is 0.370 e. The molecule has 0 bridgehead atoms. The van der Waals surface area contributed by atoms with Crippen LogP contribution in [0.3, 0.4) is 0 Å². The number of anilines is 1. The highest BCUT2D eigenvalue weighted by molar-refractivity contribution is 5.93. The van der Waals surface area contributed by atoms with Gasteiger partial charge >= 0.3 is 0 Å². The fourth-order valence-electron chi connectivity index (χ4n) is 3.79. The summed E-state index contributed by atoms with van der Waals surface area (Å²) in [5.74, 6) is 1.74. The van der Waals surface area contributed by atoms with Gasteiger partial charge < -0.3 is 15.6 Å². The fourth-order valence-corrected chi connectivity index (χ4v) is 3.79. The molecule has 1 saturated heterocycles. The highest BCUT2D eigenvalue weighted by atomic mass is 16.1. The van der Waals surface area contributed by atoms with Gasteiger partial charge in [0.15, 0.2) is 5.82 Å². The molecule has 3 aromatic rings. The number of hydrogen-bond acceptors (Lipinski definition) is 4. The van der Waals surface area contributed by atoms with Gasteiger partial charge in [-0.3, -0.25) is 9.36 Å². The van der Waals surface area contributed by atoms with Crippen LogP contribution < -0.4 is 10.6 Å². The summed E-state index contributed by atoms with van der Waals surface area (Å²) in [5.41, 5.74) is 7.49. The van der Waals surface area contributed by atoms with E-state index in [4.69, 9.17) is 5.73 Å². The lowest BCUT2D eigenvalue weighted by Gasteiger charge is -2.32. The first-order valence-electron chi connectivity index (χ1n) is 8.62. The van der Waals surface area contributed by atoms with Crippen molar-refractivity contribution in [2.24, 2.45) is 18.7 Å². The van der Waals surface area contributed by atoms with Gasteiger partial charge in [0.05, 0.1) is 0 Å². The average Bonchev–Trinajstić information content (AvgIpc) is 3.18. The van der Waals surface area contributed by atoms with E-state index in [1.807, 2.05) is 29.9 Å². The van der Waals surface area contributed by atoms with Gasteiger partial charge in [-0.15, -0.1) is 10.2 Å². The zero-order chi connectivity index (χ0) is 17.4. The molecular formula is C18H22N6O. The number of hydrogen-bond donors (Lipinski definition) is 2. The van der Waals surface area contributed by atoms with E-state index in [2.05, 4.69) is 32.2 Å². The molecule has 1 atom stereocenters. The number of benzene rings is 1. The Kier molecular flexibility index (Phi) is 3.91. The molecule has 3 N–H and O–H groups in total. The highest BCUT2D eigenvalue weighted by Crippen LogP contribution is 2.30. The molecule has 1 amide bonds. The number of amides is 1. The maximum absolute atomic E-state index is 11.2. The second kappa shape index (κ2) is 6.23. The van der Waals surface area contributed by atoms with Gasteiger partial charge in [-0.05, 0) is 24.8 Å². The van der Waals surface area contributed by atoms with Crippen LogP contribution in [0.2, 0.25) is 0 Å². The first-order valence-corrected chi connectivity index (χ1v) is 8.62. The van der Waals surface area contributed by atoms with Crippen molar-refractivity contribution in [1.82, 2.24) is 19.7 Å². The second-order valence-corrected chi connectivity index (χ2v) is 6.76. The van der Waals surface area contributed by atoms with Crippen LogP contribution in [0.5, 0.6) is 0 Å². The zero-order valence-corrected chi connectivity index (χ0v) is 14.3. The predicted molar refractivity (Wildman–Crippen MR) is 97.0 cm³/mol. The van der Waals surface area contributed by atoms with E-state index in [0.29, 0.717) is 12.3 Å². The number of aromatic nitrogens is 4. The number of aromatic amines is 1. The molecule has 0 radical (unpaired) electrons. The van der Waals surface area contributed by atoms with Crippen molar-refractivity contribution >= 4 is 22.8 Å². The van der Waals surface area contributed by atoms with E-state index >= 15 is 0 Å². The third-order valence-electron chi connectivity index (χ3n) is 4.97. The Balaban J connectivity index is 1.64. The van der Waals surface area contributed by atoms with Crippen LogP contribution in [0.25, 0.3) is 22.3 Å². The van der Waals surface area contributed by atoms with Gasteiger partial charge in [-0.25, -0.2) is 0 Å². The van der Waals surface area contributed by atoms with Crippen molar-refractivity contribution in [2.75, 3.05) is 18.0 Å². The molecular weight excluding hydrogens is 316 g/mol. The summed E-state index contributed by atoms with van der Waals surface area (Å²) in [7, 11) is 1.99. The second-order valence-electron chi connectivity index (χ2n) is 6.76. The van der Waals surface area contributed by atoms with E-state index in [-0.39, 0.29) is 5.91 Å². The Morgan fingerprint density at radius 3 is 3.04 bits per heavy atom. The first-order chi connectivity index (χ1) is 12.1. The molecule has 0 saturated carbocycles. The smallest absolute Gasteiger partial charge is 0.227 e. The topological polar surface area (TPSA) is 92.8 Å². The van der Waals surface area contributed by atoms with E-state index in [1.165, 1.54) is 0 Å². The molecule has 4 rings (SSSR count). The third kappa shape index (κ3) is 2.86. The summed E-state index contributed by atoms with van der Waals surface area (Å²) >= 11 is 0. The maximum Gasteiger partial charge on any atom is 0.227 e. The summed E-state index contributed by atoms with van der Waals surface area (Å²) in [6, 6.07) is 8.17. The van der Waals surface area contributed by atoms with E-state index in [1.54, 1.807) is 0 Å². The summed E-state index contributed by atoms with van der Waals surface area (Å²) < 4.78 is 2.03. The molecule has 1 aliphatic rings. The number of rotatable bonds is 4. The first kappa shape index (κ1) is 15.7. The standard InChI is InChI=1S/C18H22N6O/c1-23-17(14-10-20-15-7-3-2-6-13(14)15)21-22-18(23)24-8-4-5-12(11-24)9-16(19)25/h2-3,6-7,10,12,20H,4-5,8-9,11H2,1H3,(H2,19,25). The van der Waals surface area contributed by atoms with Crippen LogP contribution in [-0.4, -0.2) is 38.7 Å². The SMILES string of the molecule is Cn1c(-c2c[nH]c3ccccc23)nnc1N1CCCC(CC(N)=O)C1. The van der Waals surface area contributed by atoms with Gasteiger partial charge in [0.1, 0.15) is 0 Å². The number of fused-ring (bicyclic) bond motifs is 1. The number of H-pyrrole nitrogens is 1. The molecule has 1 aromatic carbocycles. The van der Waals surface area contributed by atoms with Crippen molar-refractivity contribution in [3.05, 3.63) is 30.5 Å². The summed E-state index contributed by atoms with van der Waals surface area (Å²) in [4.78, 5) is 16.7. The number of piperidine rings is 1. The van der Waals surface area contributed by atoms with Gasteiger partial charge in [-0.2, -0.15) is 0 Å². The van der Waals surface area contributed by atoms with Gasteiger partial charge in [0, 0.05) is 49.2 Å². The molecule has 1 fully saturated rings. The van der Waals surface area contributed by atoms with Crippen LogP contribution in [-0.2, 0) is 11.8 Å². The normalized spacial score (nSPS) is 18.0.